The topological polar surface area (TPSA) is 190 Å². The van der Waals surface area contributed by atoms with Gasteiger partial charge in [-0.2, -0.15) is 0 Å². The van der Waals surface area contributed by atoms with E-state index in [4.69, 9.17) is 18.9 Å². The molecule has 1 aliphatic heterocycles. The number of carbonyl (C=O) groups is 6. The Balaban J connectivity index is 1.83. The van der Waals surface area contributed by atoms with Crippen LogP contribution >= 0.6 is 0 Å². The predicted molar refractivity (Wildman–Crippen MR) is 197 cm³/mol. The highest BCUT2D eigenvalue weighted by Crippen LogP contribution is 2.24. The molecular formula is C39H54N4O11. The highest BCUT2D eigenvalue weighted by atomic mass is 16.6. The highest BCUT2D eigenvalue weighted by molar-refractivity contribution is 5.93. The highest BCUT2D eigenvalue weighted by Gasteiger charge is 2.42. The van der Waals surface area contributed by atoms with E-state index in [-0.39, 0.29) is 25.5 Å². The van der Waals surface area contributed by atoms with Crippen molar-refractivity contribution >= 4 is 35.9 Å². The number of hydrogen-bond acceptors (Lipinski definition) is 10. The van der Waals surface area contributed by atoms with Crippen molar-refractivity contribution < 1.29 is 52.8 Å². The molecule has 0 bridgehead atoms. The fourth-order valence-electron chi connectivity index (χ4n) is 5.98. The van der Waals surface area contributed by atoms with Gasteiger partial charge in [0.1, 0.15) is 42.2 Å². The van der Waals surface area contributed by atoms with E-state index in [1.807, 2.05) is 44.2 Å². The van der Waals surface area contributed by atoms with Crippen LogP contribution in [0.1, 0.15) is 71.9 Å². The van der Waals surface area contributed by atoms with E-state index in [0.29, 0.717) is 30.6 Å². The van der Waals surface area contributed by atoms with Gasteiger partial charge >= 0.3 is 24.1 Å². The third-order valence-electron chi connectivity index (χ3n) is 8.72. The first-order valence-electron chi connectivity index (χ1n) is 18.0. The molecule has 54 heavy (non-hydrogen) atoms. The maximum Gasteiger partial charge on any atom is 0.408 e. The second-order valence-corrected chi connectivity index (χ2v) is 14.7. The van der Waals surface area contributed by atoms with E-state index < -0.39 is 71.8 Å². The van der Waals surface area contributed by atoms with Gasteiger partial charge in [-0.3, -0.25) is 9.59 Å². The molecule has 1 saturated heterocycles. The number of hydrogen-bond donors (Lipinski definition) is 3. The average Bonchev–Trinajstić information content (AvgIpc) is 3.60. The summed E-state index contributed by atoms with van der Waals surface area (Å²) >= 11 is 0. The monoisotopic (exact) mass is 754 g/mol. The number of nitrogens with one attached hydrogen (secondary N) is 2. The number of rotatable bonds is 16. The molecule has 0 spiro atoms. The summed E-state index contributed by atoms with van der Waals surface area (Å²) in [7, 11) is 2.93. The van der Waals surface area contributed by atoms with E-state index >= 15 is 0 Å². The molecule has 1 fully saturated rings. The Morgan fingerprint density at radius 3 is 2.15 bits per heavy atom. The Labute approximate surface area is 316 Å². The molecule has 5 atom stereocenters. The Hall–Kier alpha value is -5.34. The van der Waals surface area contributed by atoms with Crippen LogP contribution in [0.5, 0.6) is 5.75 Å². The van der Waals surface area contributed by atoms with Crippen LogP contribution in [0, 0.1) is 5.92 Å². The molecule has 296 valence electrons. The van der Waals surface area contributed by atoms with Crippen molar-refractivity contribution in [3.63, 3.8) is 0 Å². The maximum absolute atomic E-state index is 14.3. The van der Waals surface area contributed by atoms with E-state index in [0.717, 1.165) is 5.56 Å². The molecule has 3 rings (SSSR count). The zero-order chi connectivity index (χ0) is 40.2. The molecule has 0 unspecified atom stereocenters. The minimum Gasteiger partial charge on any atom is -0.497 e. The van der Waals surface area contributed by atoms with Crippen LogP contribution in [0.4, 0.5) is 9.59 Å². The number of carbonyl (C=O) groups excluding carboxylic acids is 5. The first-order valence-corrected chi connectivity index (χ1v) is 18.0. The molecule has 0 aliphatic carbocycles. The van der Waals surface area contributed by atoms with E-state index in [1.54, 1.807) is 45.0 Å². The smallest absolute Gasteiger partial charge is 0.408 e. The summed E-state index contributed by atoms with van der Waals surface area (Å²) < 4.78 is 21.4. The summed E-state index contributed by atoms with van der Waals surface area (Å²) in [6.45, 7) is 10.2. The number of aliphatic carboxylic acids is 1. The van der Waals surface area contributed by atoms with Crippen molar-refractivity contribution in [1.29, 1.82) is 0 Å². The zero-order valence-electron chi connectivity index (χ0n) is 32.3. The molecule has 0 radical (unpaired) electrons. The number of likely N-dealkylation sites (N-methyl/N-ethyl adjacent to an activating group) is 1. The number of amides is 4. The van der Waals surface area contributed by atoms with Crippen molar-refractivity contribution in [2.45, 2.75) is 110 Å². The van der Waals surface area contributed by atoms with Gasteiger partial charge in [0.15, 0.2) is 6.04 Å². The van der Waals surface area contributed by atoms with Gasteiger partial charge in [0, 0.05) is 20.0 Å². The van der Waals surface area contributed by atoms with E-state index in [2.05, 4.69) is 10.6 Å². The Morgan fingerprint density at radius 2 is 1.57 bits per heavy atom. The fraction of sp³-hybridized carbons (Fsp3) is 0.538. The van der Waals surface area contributed by atoms with Crippen LogP contribution in [-0.4, -0.2) is 107 Å². The maximum atomic E-state index is 14.3. The third kappa shape index (κ3) is 13.0. The number of carboxylic acid groups (broad SMARTS) is 1. The summed E-state index contributed by atoms with van der Waals surface area (Å²) in [6.07, 6.45) is -2.08. The van der Waals surface area contributed by atoms with Crippen LogP contribution in [0.3, 0.4) is 0 Å². The van der Waals surface area contributed by atoms with Crippen molar-refractivity contribution in [1.82, 2.24) is 20.4 Å². The summed E-state index contributed by atoms with van der Waals surface area (Å²) in [5.74, 6) is -2.81. The van der Waals surface area contributed by atoms with Gasteiger partial charge in [-0.15, -0.1) is 0 Å². The van der Waals surface area contributed by atoms with Gasteiger partial charge in [-0.05, 0) is 76.1 Å². The molecule has 2 aromatic rings. The second-order valence-electron chi connectivity index (χ2n) is 14.7. The van der Waals surface area contributed by atoms with Crippen LogP contribution in [0.2, 0.25) is 0 Å². The standard InChI is InChI=1S/C39H54N4O11/c1-24(2)21-29(40-37(49)52-23-27-13-10-9-11-14-27)33(44)43-20-12-15-30(43)34(45)42(7)31(22-26-16-18-28(51-8)19-17-26)36(48)53-25(3)32(35(46)47)41-38(50)54-39(4,5)6/h9-11,13-14,16-19,24-25,29-32H,12,15,20-23H2,1-8H3,(H,40,49)(H,41,50)(H,46,47)/t25-,29+,30+,31+,32+/m1/s1. The average molecular weight is 755 g/mol. The van der Waals surface area contributed by atoms with Crippen LogP contribution in [-0.2, 0) is 46.4 Å². The Morgan fingerprint density at radius 1 is 0.926 bits per heavy atom. The van der Waals surface area contributed by atoms with E-state index in [9.17, 15) is 33.9 Å². The van der Waals surface area contributed by atoms with E-state index in [1.165, 1.54) is 30.9 Å². The van der Waals surface area contributed by atoms with Crippen molar-refractivity contribution in [3.8, 4) is 5.75 Å². The van der Waals surface area contributed by atoms with Gasteiger partial charge in [-0.25, -0.2) is 19.2 Å². The van der Waals surface area contributed by atoms with Crippen LogP contribution < -0.4 is 15.4 Å². The van der Waals surface area contributed by atoms with Gasteiger partial charge in [0.05, 0.1) is 7.11 Å². The van der Waals surface area contributed by atoms with Crippen molar-refractivity contribution in [3.05, 3.63) is 65.7 Å². The summed E-state index contributed by atoms with van der Waals surface area (Å²) in [5, 5.41) is 14.8. The normalized spacial score (nSPS) is 16.3. The number of ether oxygens (including phenoxy) is 4. The first-order chi connectivity index (χ1) is 25.4. The molecule has 2 aromatic carbocycles. The fourth-order valence-corrected chi connectivity index (χ4v) is 5.98. The molecule has 0 aromatic heterocycles. The molecule has 1 aliphatic rings. The second kappa shape index (κ2) is 19.7. The number of likely N-dealkylation sites (tertiary alicyclic amines) is 1. The number of alkyl carbamates (subject to hydrolysis) is 2. The van der Waals surface area contributed by atoms with Gasteiger partial charge in [0.2, 0.25) is 11.8 Å². The van der Waals surface area contributed by atoms with Gasteiger partial charge in [0.25, 0.3) is 0 Å². The lowest BCUT2D eigenvalue weighted by Gasteiger charge is -2.34. The van der Waals surface area contributed by atoms with Gasteiger partial charge < -0.3 is 44.5 Å². The lowest BCUT2D eigenvalue weighted by atomic mass is 10.0. The zero-order valence-corrected chi connectivity index (χ0v) is 32.3. The third-order valence-corrected chi connectivity index (χ3v) is 8.72. The number of esters is 1. The predicted octanol–water partition coefficient (Wildman–Crippen LogP) is 4.31. The number of benzene rings is 2. The molecule has 3 N–H and O–H groups in total. The SMILES string of the molecule is COc1ccc(C[C@@H](C(=O)O[C@H](C)[C@H](NC(=O)OC(C)(C)C)C(=O)O)N(C)C(=O)[C@@H]2CCCN2C(=O)[C@H](CC(C)C)NC(=O)OCc2ccccc2)cc1. The van der Waals surface area contributed by atoms with Crippen LogP contribution in [0.15, 0.2) is 54.6 Å². The number of methoxy groups -OCH3 is 1. The lowest BCUT2D eigenvalue weighted by molar-refractivity contribution is -0.163. The molecular weight excluding hydrogens is 700 g/mol. The first kappa shape index (κ1) is 43.1. The molecule has 1 heterocycles. The minimum atomic E-state index is -1.67. The summed E-state index contributed by atoms with van der Waals surface area (Å²) in [5.41, 5.74) is 0.509. The number of nitrogens with zero attached hydrogens (tertiary/aromatic N) is 2. The molecule has 15 nitrogen and oxygen atoms in total. The lowest BCUT2D eigenvalue weighted by Crippen LogP contribution is -2.57. The van der Waals surface area contributed by atoms with Crippen molar-refractivity contribution in [2.24, 2.45) is 5.92 Å². The quantitative estimate of drug-likeness (QED) is 0.164. The summed E-state index contributed by atoms with van der Waals surface area (Å²) in [6, 6.07) is 11.1. The molecule has 4 amide bonds. The van der Waals surface area contributed by atoms with Gasteiger partial charge in [-0.1, -0.05) is 56.3 Å². The molecule has 0 saturated carbocycles. The molecule has 15 heteroatoms. The minimum absolute atomic E-state index is 0.0119. The van der Waals surface area contributed by atoms with Crippen LogP contribution in [0.25, 0.3) is 0 Å². The summed E-state index contributed by atoms with van der Waals surface area (Å²) in [4.78, 5) is 82.2. The van der Waals surface area contributed by atoms with Crippen molar-refractivity contribution in [2.75, 3.05) is 20.7 Å². The number of carboxylic acids is 1. The Kier molecular flexibility index (Phi) is 15.7. The largest absolute Gasteiger partial charge is 0.497 e. The Bertz CT molecular complexity index is 1590.